The monoisotopic (exact) mass is 259 g/mol. The van der Waals surface area contributed by atoms with E-state index in [1.807, 2.05) is 0 Å². The Kier molecular flexibility index (Phi) is 3.74. The third-order valence-electron chi connectivity index (χ3n) is 4.65. The fraction of sp³-hybridized carbons (Fsp3) is 0.688. The van der Waals surface area contributed by atoms with E-state index in [1.54, 1.807) is 0 Å². The number of anilines is 1. The lowest BCUT2D eigenvalue weighted by molar-refractivity contribution is 0.478. The van der Waals surface area contributed by atoms with Crippen molar-refractivity contribution < 1.29 is 0 Å². The van der Waals surface area contributed by atoms with E-state index in [0.717, 1.165) is 13.0 Å². The van der Waals surface area contributed by atoms with Gasteiger partial charge in [0.15, 0.2) is 0 Å². The molecule has 19 heavy (non-hydrogen) atoms. The van der Waals surface area contributed by atoms with Crippen LogP contribution in [0, 0.1) is 0 Å². The molecule has 1 aliphatic heterocycles. The van der Waals surface area contributed by atoms with Crippen molar-refractivity contribution in [2.75, 3.05) is 11.4 Å². The van der Waals surface area contributed by atoms with Gasteiger partial charge in [0, 0.05) is 30.4 Å². The first-order chi connectivity index (χ1) is 9.29. The van der Waals surface area contributed by atoms with E-state index in [0.29, 0.717) is 12.6 Å². The van der Waals surface area contributed by atoms with Crippen LogP contribution in [0.1, 0.15) is 55.8 Å². The summed E-state index contributed by atoms with van der Waals surface area (Å²) in [6, 6.07) is 2.94. The third-order valence-corrected chi connectivity index (χ3v) is 4.65. The number of pyridine rings is 1. The summed E-state index contributed by atoms with van der Waals surface area (Å²) < 4.78 is 0. The van der Waals surface area contributed by atoms with Crippen molar-refractivity contribution in [3.05, 3.63) is 22.9 Å². The standard InChI is InChI=1S/C16H25N3/c1-12-6-4-5-9-19(12)16-14(11-17)10-13-7-2-3-8-15(13)18-16/h10,12H,2-9,11,17H2,1H3. The Morgan fingerprint density at radius 2 is 2.11 bits per heavy atom. The van der Waals surface area contributed by atoms with Gasteiger partial charge >= 0.3 is 0 Å². The highest BCUT2D eigenvalue weighted by Gasteiger charge is 2.23. The van der Waals surface area contributed by atoms with Crippen LogP contribution in [0.2, 0.25) is 0 Å². The Bertz CT molecular complexity index is 456. The number of hydrogen-bond acceptors (Lipinski definition) is 3. The Hall–Kier alpha value is -1.09. The molecule has 2 aliphatic rings. The Morgan fingerprint density at radius 1 is 1.26 bits per heavy atom. The van der Waals surface area contributed by atoms with Crippen LogP contribution in [0.5, 0.6) is 0 Å². The number of fused-ring (bicyclic) bond motifs is 1. The number of nitrogens with zero attached hydrogens (tertiary/aromatic N) is 2. The second-order valence-corrected chi connectivity index (χ2v) is 6.03. The maximum atomic E-state index is 5.97. The van der Waals surface area contributed by atoms with Crippen molar-refractivity contribution >= 4 is 5.82 Å². The highest BCUT2D eigenvalue weighted by molar-refractivity contribution is 5.51. The fourth-order valence-electron chi connectivity index (χ4n) is 3.48. The van der Waals surface area contributed by atoms with Crippen LogP contribution in [0.15, 0.2) is 6.07 Å². The quantitative estimate of drug-likeness (QED) is 0.888. The molecule has 2 heterocycles. The topological polar surface area (TPSA) is 42.2 Å². The van der Waals surface area contributed by atoms with E-state index in [2.05, 4.69) is 17.9 Å². The highest BCUT2D eigenvalue weighted by Crippen LogP contribution is 2.30. The maximum Gasteiger partial charge on any atom is 0.133 e. The average Bonchev–Trinajstić information content (AvgIpc) is 2.46. The third kappa shape index (κ3) is 2.48. The van der Waals surface area contributed by atoms with Crippen LogP contribution in [0.25, 0.3) is 0 Å². The summed E-state index contributed by atoms with van der Waals surface area (Å²) in [4.78, 5) is 7.49. The normalized spacial score (nSPS) is 23.3. The summed E-state index contributed by atoms with van der Waals surface area (Å²) in [5.74, 6) is 1.18. The predicted octanol–water partition coefficient (Wildman–Crippen LogP) is 2.80. The minimum Gasteiger partial charge on any atom is -0.354 e. The first kappa shape index (κ1) is 12.9. The van der Waals surface area contributed by atoms with Crippen LogP contribution in [-0.4, -0.2) is 17.6 Å². The molecule has 1 unspecified atom stereocenters. The highest BCUT2D eigenvalue weighted by atomic mass is 15.2. The maximum absolute atomic E-state index is 5.97. The van der Waals surface area contributed by atoms with E-state index in [1.165, 1.54) is 61.2 Å². The molecule has 0 aromatic carbocycles. The van der Waals surface area contributed by atoms with E-state index in [-0.39, 0.29) is 0 Å². The van der Waals surface area contributed by atoms with Crippen LogP contribution in [0.3, 0.4) is 0 Å². The molecule has 0 saturated carbocycles. The lowest BCUT2D eigenvalue weighted by atomic mass is 9.94. The molecule has 2 N–H and O–H groups in total. The minimum atomic E-state index is 0.605. The van der Waals surface area contributed by atoms with Gasteiger partial charge in [-0.3, -0.25) is 0 Å². The molecule has 0 spiro atoms. The van der Waals surface area contributed by atoms with E-state index >= 15 is 0 Å². The number of hydrogen-bond donors (Lipinski definition) is 1. The van der Waals surface area contributed by atoms with Crippen molar-refractivity contribution in [3.8, 4) is 0 Å². The van der Waals surface area contributed by atoms with Gasteiger partial charge in [0.25, 0.3) is 0 Å². The fourth-order valence-corrected chi connectivity index (χ4v) is 3.48. The second kappa shape index (κ2) is 5.49. The van der Waals surface area contributed by atoms with Gasteiger partial charge in [0.05, 0.1) is 0 Å². The van der Waals surface area contributed by atoms with Crippen LogP contribution in [-0.2, 0) is 19.4 Å². The van der Waals surface area contributed by atoms with Crippen LogP contribution in [0.4, 0.5) is 5.82 Å². The molecule has 1 aromatic rings. The minimum absolute atomic E-state index is 0.605. The summed E-state index contributed by atoms with van der Waals surface area (Å²) in [5, 5.41) is 0. The molecule has 1 saturated heterocycles. The van der Waals surface area contributed by atoms with E-state index < -0.39 is 0 Å². The molecule has 0 amide bonds. The number of aromatic nitrogens is 1. The summed E-state index contributed by atoms with van der Waals surface area (Å²) in [6.07, 6.45) is 8.84. The lowest BCUT2D eigenvalue weighted by Crippen LogP contribution is -2.39. The molecule has 1 aromatic heterocycles. The largest absolute Gasteiger partial charge is 0.354 e. The molecule has 3 rings (SSSR count). The van der Waals surface area contributed by atoms with Crippen molar-refractivity contribution in [1.29, 1.82) is 0 Å². The number of nitrogens with two attached hydrogens (primary N) is 1. The number of aryl methyl sites for hydroxylation is 2. The second-order valence-electron chi connectivity index (χ2n) is 6.03. The van der Waals surface area contributed by atoms with Gasteiger partial charge in [-0.1, -0.05) is 0 Å². The first-order valence-electron chi connectivity index (χ1n) is 7.78. The Balaban J connectivity index is 1.98. The van der Waals surface area contributed by atoms with Gasteiger partial charge in [0.1, 0.15) is 5.82 Å². The van der Waals surface area contributed by atoms with Gasteiger partial charge in [-0.2, -0.15) is 0 Å². The summed E-state index contributed by atoms with van der Waals surface area (Å²) >= 11 is 0. The zero-order valence-electron chi connectivity index (χ0n) is 12.0. The van der Waals surface area contributed by atoms with Crippen molar-refractivity contribution in [3.63, 3.8) is 0 Å². The van der Waals surface area contributed by atoms with Crippen LogP contribution >= 0.6 is 0 Å². The number of piperidine rings is 1. The van der Waals surface area contributed by atoms with Crippen LogP contribution < -0.4 is 10.6 Å². The Morgan fingerprint density at radius 3 is 2.89 bits per heavy atom. The van der Waals surface area contributed by atoms with Gasteiger partial charge in [-0.05, 0) is 63.5 Å². The van der Waals surface area contributed by atoms with E-state index in [9.17, 15) is 0 Å². The summed E-state index contributed by atoms with van der Waals surface area (Å²) in [5.41, 5.74) is 9.99. The molecular weight excluding hydrogens is 234 g/mol. The molecule has 0 bridgehead atoms. The van der Waals surface area contributed by atoms with Crippen molar-refractivity contribution in [2.24, 2.45) is 5.73 Å². The Labute approximate surface area is 116 Å². The van der Waals surface area contributed by atoms with E-state index in [4.69, 9.17) is 10.7 Å². The van der Waals surface area contributed by atoms with Gasteiger partial charge in [0.2, 0.25) is 0 Å². The molecule has 104 valence electrons. The molecule has 1 fully saturated rings. The van der Waals surface area contributed by atoms with Crippen molar-refractivity contribution in [2.45, 2.75) is 64.5 Å². The molecule has 0 radical (unpaired) electrons. The molecule has 1 aliphatic carbocycles. The molecule has 1 atom stereocenters. The molecule has 3 nitrogen and oxygen atoms in total. The lowest BCUT2D eigenvalue weighted by Gasteiger charge is -2.36. The smallest absolute Gasteiger partial charge is 0.133 e. The number of rotatable bonds is 2. The zero-order chi connectivity index (χ0) is 13.2. The SMILES string of the molecule is CC1CCCCN1c1nc2c(cc1CN)CCCC2. The molecular formula is C16H25N3. The van der Waals surface area contributed by atoms with Gasteiger partial charge in [-0.15, -0.1) is 0 Å². The zero-order valence-corrected chi connectivity index (χ0v) is 12.0. The van der Waals surface area contributed by atoms with Gasteiger partial charge in [-0.25, -0.2) is 4.98 Å². The predicted molar refractivity (Wildman–Crippen MR) is 79.4 cm³/mol. The van der Waals surface area contributed by atoms with Crippen molar-refractivity contribution in [1.82, 2.24) is 4.98 Å². The van der Waals surface area contributed by atoms with Gasteiger partial charge < -0.3 is 10.6 Å². The average molecular weight is 259 g/mol. The summed E-state index contributed by atoms with van der Waals surface area (Å²) in [7, 11) is 0. The first-order valence-corrected chi connectivity index (χ1v) is 7.78. The summed E-state index contributed by atoms with van der Waals surface area (Å²) in [6.45, 7) is 4.07. The molecule has 3 heteroatoms.